The normalized spacial score (nSPS) is 26.0. The summed E-state index contributed by atoms with van der Waals surface area (Å²) in [5.74, 6) is 0.677. The number of piperidine rings is 1. The Morgan fingerprint density at radius 1 is 1.18 bits per heavy atom. The Morgan fingerprint density at radius 2 is 1.89 bits per heavy atom. The Balaban J connectivity index is 1.36. The van der Waals surface area contributed by atoms with Crippen molar-refractivity contribution in [1.29, 1.82) is 0 Å². The summed E-state index contributed by atoms with van der Waals surface area (Å²) in [7, 11) is 0. The molecule has 0 bridgehead atoms. The third-order valence-electron chi connectivity index (χ3n) is 7.28. The monoisotopic (exact) mass is 405 g/mol. The van der Waals surface area contributed by atoms with Gasteiger partial charge in [0.25, 0.3) is 0 Å². The van der Waals surface area contributed by atoms with Crippen LogP contribution in [-0.2, 0) is 9.53 Å². The molecule has 0 aromatic heterocycles. The lowest BCUT2D eigenvalue weighted by Crippen LogP contribution is -2.41. The van der Waals surface area contributed by atoms with Crippen molar-refractivity contribution in [3.05, 3.63) is 34.7 Å². The second kappa shape index (κ2) is 8.52. The highest BCUT2D eigenvalue weighted by atomic mass is 35.5. The Hall–Kier alpha value is -1.42. The Labute approximate surface area is 173 Å². The van der Waals surface area contributed by atoms with Crippen LogP contribution in [0.5, 0.6) is 0 Å². The molecule has 1 spiro atoms. The molecule has 28 heavy (non-hydrogen) atoms. The van der Waals surface area contributed by atoms with Crippen molar-refractivity contribution < 1.29 is 14.6 Å². The molecule has 2 saturated carbocycles. The third-order valence-corrected chi connectivity index (χ3v) is 7.63. The molecule has 4 rings (SSSR count). The van der Waals surface area contributed by atoms with Crippen LogP contribution in [0, 0.1) is 11.3 Å². The molecule has 4 nitrogen and oxygen atoms in total. The first-order chi connectivity index (χ1) is 13.5. The number of nitrogens with zero attached hydrogens (tertiary/aromatic N) is 1. The van der Waals surface area contributed by atoms with Crippen LogP contribution in [0.1, 0.15) is 70.6 Å². The lowest BCUT2D eigenvalue weighted by molar-refractivity contribution is -0.138. The van der Waals surface area contributed by atoms with E-state index in [4.69, 9.17) is 21.4 Å². The van der Waals surface area contributed by atoms with Gasteiger partial charge in [-0.25, -0.2) is 0 Å². The van der Waals surface area contributed by atoms with Crippen LogP contribution in [0.25, 0.3) is 0 Å². The van der Waals surface area contributed by atoms with E-state index in [1.807, 2.05) is 0 Å². The molecule has 1 saturated heterocycles. The summed E-state index contributed by atoms with van der Waals surface area (Å²) in [6.45, 7) is 2.06. The summed E-state index contributed by atoms with van der Waals surface area (Å²) in [4.78, 5) is 13.4. The third kappa shape index (κ3) is 4.59. The Kier molecular flexibility index (Phi) is 6.05. The number of carbonyl (C=O) groups is 1. The first-order valence-electron chi connectivity index (χ1n) is 10.9. The van der Waals surface area contributed by atoms with Gasteiger partial charge in [0, 0.05) is 37.0 Å². The van der Waals surface area contributed by atoms with E-state index in [2.05, 4.69) is 23.1 Å². The highest BCUT2D eigenvalue weighted by Crippen LogP contribution is 2.47. The number of hydrogen-bond donors (Lipinski definition) is 1. The minimum Gasteiger partial charge on any atom is -0.490 e. The van der Waals surface area contributed by atoms with Gasteiger partial charge in [-0.05, 0) is 75.2 Å². The predicted molar refractivity (Wildman–Crippen MR) is 111 cm³/mol. The number of carboxylic acid groups (broad SMARTS) is 1. The molecule has 0 unspecified atom stereocenters. The van der Waals surface area contributed by atoms with Crippen LogP contribution in [0.2, 0.25) is 0 Å². The van der Waals surface area contributed by atoms with Gasteiger partial charge in [-0.15, -0.1) is 0 Å². The lowest BCUT2D eigenvalue weighted by atomic mass is 9.65. The molecular weight excluding hydrogens is 374 g/mol. The van der Waals surface area contributed by atoms with Gasteiger partial charge in [-0.2, -0.15) is 0 Å². The van der Waals surface area contributed by atoms with Crippen molar-refractivity contribution >= 4 is 17.6 Å². The van der Waals surface area contributed by atoms with Gasteiger partial charge in [0.2, 0.25) is 0 Å². The fourth-order valence-electron chi connectivity index (χ4n) is 5.12. The highest BCUT2D eigenvalue weighted by molar-refractivity contribution is 6.30. The quantitative estimate of drug-likeness (QED) is 0.647. The van der Waals surface area contributed by atoms with Crippen LogP contribution < -0.4 is 0 Å². The second-order valence-electron chi connectivity index (χ2n) is 9.14. The molecule has 1 heterocycles. The van der Waals surface area contributed by atoms with Crippen molar-refractivity contribution in [2.75, 3.05) is 13.1 Å². The summed E-state index contributed by atoms with van der Waals surface area (Å²) in [5.41, 5.74) is 1.55. The zero-order chi connectivity index (χ0) is 19.6. The first kappa shape index (κ1) is 19.9. The molecule has 0 aromatic rings. The number of ether oxygens (including phenoxy) is 1. The molecule has 154 valence electrons. The highest BCUT2D eigenvalue weighted by Gasteiger charge is 2.39. The predicted octanol–water partition coefficient (Wildman–Crippen LogP) is 5.60. The molecule has 4 aliphatic rings. The molecule has 3 aliphatic carbocycles. The number of halogens is 1. The van der Waals surface area contributed by atoms with E-state index in [1.54, 1.807) is 0 Å². The molecule has 0 radical (unpaired) electrons. The standard InChI is InChI=1S/C23H32ClNO3/c24-20-6-2-5-19(28-18-3-1-4-18)16-21(20)25-13-11-23(12-14-25)9-7-17(8-10-23)15-22(26)27/h2,5,16-18H,1,3-4,6-15H2,(H,26,27). The van der Waals surface area contributed by atoms with Gasteiger partial charge in [-0.1, -0.05) is 17.7 Å². The van der Waals surface area contributed by atoms with Crippen molar-refractivity contribution in [2.24, 2.45) is 11.3 Å². The van der Waals surface area contributed by atoms with Crippen LogP contribution in [0.4, 0.5) is 0 Å². The molecule has 0 aromatic carbocycles. The number of aliphatic carboxylic acids is 1. The molecule has 0 amide bonds. The van der Waals surface area contributed by atoms with Crippen LogP contribution in [0.15, 0.2) is 34.7 Å². The van der Waals surface area contributed by atoms with Crippen molar-refractivity contribution in [3.63, 3.8) is 0 Å². The number of allylic oxidation sites excluding steroid dienone is 4. The average Bonchev–Trinajstić information content (AvgIpc) is 2.82. The number of rotatable bonds is 5. The molecule has 3 fully saturated rings. The summed E-state index contributed by atoms with van der Waals surface area (Å²) in [6, 6.07) is 0. The summed E-state index contributed by atoms with van der Waals surface area (Å²) < 4.78 is 6.14. The minimum atomic E-state index is -0.647. The molecule has 5 heteroatoms. The molecule has 1 aliphatic heterocycles. The van der Waals surface area contributed by atoms with Gasteiger partial charge in [-0.3, -0.25) is 4.79 Å². The van der Waals surface area contributed by atoms with Crippen LogP contribution in [-0.4, -0.2) is 35.2 Å². The Morgan fingerprint density at radius 3 is 2.50 bits per heavy atom. The first-order valence-corrected chi connectivity index (χ1v) is 11.3. The molecule has 0 atom stereocenters. The van der Waals surface area contributed by atoms with E-state index in [9.17, 15) is 4.79 Å². The zero-order valence-electron chi connectivity index (χ0n) is 16.7. The fraction of sp³-hybridized carbons (Fsp3) is 0.696. The number of likely N-dealkylation sites (tertiary alicyclic amines) is 1. The zero-order valence-corrected chi connectivity index (χ0v) is 17.4. The summed E-state index contributed by atoms with van der Waals surface area (Å²) in [5, 5.41) is 9.95. The maximum absolute atomic E-state index is 11.0. The minimum absolute atomic E-state index is 0.340. The second-order valence-corrected chi connectivity index (χ2v) is 9.60. The Bertz CT molecular complexity index is 674. The smallest absolute Gasteiger partial charge is 0.303 e. The molecular formula is C23H32ClNO3. The van der Waals surface area contributed by atoms with Crippen molar-refractivity contribution in [1.82, 2.24) is 4.90 Å². The van der Waals surface area contributed by atoms with E-state index in [-0.39, 0.29) is 0 Å². The van der Waals surface area contributed by atoms with Crippen LogP contribution in [0.3, 0.4) is 0 Å². The molecule has 1 N–H and O–H groups in total. The van der Waals surface area contributed by atoms with E-state index in [0.29, 0.717) is 23.9 Å². The number of carboxylic acids is 1. The maximum Gasteiger partial charge on any atom is 0.303 e. The maximum atomic E-state index is 11.0. The van der Waals surface area contributed by atoms with Gasteiger partial charge in [0.1, 0.15) is 5.76 Å². The van der Waals surface area contributed by atoms with E-state index in [0.717, 1.165) is 61.7 Å². The van der Waals surface area contributed by atoms with E-state index < -0.39 is 5.97 Å². The SMILES string of the molecule is O=C(O)CC1CCC2(CC1)CCN(C1=C(Cl)CC=CC(OC3CCC3)=C1)CC2. The van der Waals surface area contributed by atoms with Gasteiger partial charge < -0.3 is 14.7 Å². The van der Waals surface area contributed by atoms with E-state index in [1.165, 1.54) is 32.1 Å². The van der Waals surface area contributed by atoms with Gasteiger partial charge in [0.15, 0.2) is 0 Å². The van der Waals surface area contributed by atoms with Crippen molar-refractivity contribution in [2.45, 2.75) is 76.7 Å². The van der Waals surface area contributed by atoms with Crippen molar-refractivity contribution in [3.8, 4) is 0 Å². The lowest BCUT2D eigenvalue weighted by Gasteiger charge is -2.47. The topological polar surface area (TPSA) is 49.8 Å². The van der Waals surface area contributed by atoms with Gasteiger partial charge in [0.05, 0.1) is 11.8 Å². The largest absolute Gasteiger partial charge is 0.490 e. The summed E-state index contributed by atoms with van der Waals surface area (Å²) in [6.07, 6.45) is 18.3. The number of hydrogen-bond acceptors (Lipinski definition) is 3. The average molecular weight is 406 g/mol. The summed E-state index contributed by atoms with van der Waals surface area (Å²) >= 11 is 6.65. The fourth-order valence-corrected chi connectivity index (χ4v) is 5.39. The van der Waals surface area contributed by atoms with Crippen LogP contribution >= 0.6 is 11.6 Å². The van der Waals surface area contributed by atoms with Gasteiger partial charge >= 0.3 is 5.97 Å². The van der Waals surface area contributed by atoms with E-state index >= 15 is 0 Å².